The third-order valence-corrected chi connectivity index (χ3v) is 7.37. The minimum absolute atomic E-state index is 0.140. The number of hydrogen-bond donors (Lipinski definition) is 2. The quantitative estimate of drug-likeness (QED) is 0.587. The fraction of sp³-hybridized carbons (Fsp3) is 0.391. The van der Waals surface area contributed by atoms with Gasteiger partial charge < -0.3 is 20.1 Å². The maximum Gasteiger partial charge on any atom is 0.309 e. The van der Waals surface area contributed by atoms with Gasteiger partial charge in [-0.3, -0.25) is 9.59 Å². The molecule has 2 aromatic carbocycles. The molecule has 3 rings (SSSR count). The second-order valence-electron chi connectivity index (χ2n) is 7.80. The van der Waals surface area contributed by atoms with E-state index in [9.17, 15) is 18.0 Å². The number of ether oxygens (including phenoxy) is 2. The standard InChI is InChI=1S/C23H29N3O6S/c1-16-5-6-17(2)20(13-16)33(29,30)26-11-4-12-32-21(26)15-25-23(28)22(27)24-14-18-7-9-19(31-3)10-8-18/h5-10,13,21H,4,11-12,14-15H2,1-3H3,(H,24,27)(H,25,28)/t21-/m0/s1. The van der Waals surface area contributed by atoms with Crippen molar-refractivity contribution in [3.63, 3.8) is 0 Å². The normalized spacial score (nSPS) is 16.8. The molecule has 2 N–H and O–H groups in total. The van der Waals surface area contributed by atoms with Crippen molar-refractivity contribution in [2.24, 2.45) is 0 Å². The minimum Gasteiger partial charge on any atom is -0.497 e. The number of aryl methyl sites for hydroxylation is 2. The highest BCUT2D eigenvalue weighted by atomic mass is 32.2. The monoisotopic (exact) mass is 475 g/mol. The predicted molar refractivity (Wildman–Crippen MR) is 122 cm³/mol. The second-order valence-corrected chi connectivity index (χ2v) is 9.66. The van der Waals surface area contributed by atoms with Gasteiger partial charge in [0.05, 0.1) is 25.2 Å². The van der Waals surface area contributed by atoms with E-state index in [4.69, 9.17) is 9.47 Å². The van der Waals surface area contributed by atoms with Gasteiger partial charge in [0, 0.05) is 13.1 Å². The van der Waals surface area contributed by atoms with Crippen molar-refractivity contribution >= 4 is 21.8 Å². The molecule has 33 heavy (non-hydrogen) atoms. The van der Waals surface area contributed by atoms with Crippen molar-refractivity contribution in [3.05, 3.63) is 59.2 Å². The van der Waals surface area contributed by atoms with Crippen LogP contribution in [-0.2, 0) is 30.9 Å². The highest BCUT2D eigenvalue weighted by Crippen LogP contribution is 2.25. The molecule has 178 valence electrons. The number of amides is 2. The van der Waals surface area contributed by atoms with Crippen molar-refractivity contribution in [3.8, 4) is 5.75 Å². The summed E-state index contributed by atoms with van der Waals surface area (Å²) in [6.45, 7) is 4.22. The lowest BCUT2D eigenvalue weighted by molar-refractivity contribution is -0.140. The van der Waals surface area contributed by atoms with Gasteiger partial charge >= 0.3 is 11.8 Å². The maximum atomic E-state index is 13.3. The van der Waals surface area contributed by atoms with E-state index in [1.165, 1.54) is 4.31 Å². The first-order chi connectivity index (χ1) is 15.7. The fourth-order valence-corrected chi connectivity index (χ4v) is 5.36. The van der Waals surface area contributed by atoms with E-state index in [2.05, 4.69) is 10.6 Å². The number of hydrogen-bond acceptors (Lipinski definition) is 6. The molecule has 1 atom stereocenters. The van der Waals surface area contributed by atoms with Gasteiger partial charge in [0.25, 0.3) is 0 Å². The lowest BCUT2D eigenvalue weighted by Gasteiger charge is -2.35. The average molecular weight is 476 g/mol. The van der Waals surface area contributed by atoms with Gasteiger partial charge in [-0.2, -0.15) is 4.31 Å². The van der Waals surface area contributed by atoms with Gasteiger partial charge in [-0.05, 0) is 55.2 Å². The first-order valence-corrected chi connectivity index (χ1v) is 12.1. The van der Waals surface area contributed by atoms with Crippen molar-refractivity contribution in [1.82, 2.24) is 14.9 Å². The summed E-state index contributed by atoms with van der Waals surface area (Å²) in [6.07, 6.45) is -0.362. The van der Waals surface area contributed by atoms with Crippen LogP contribution in [0.1, 0.15) is 23.1 Å². The van der Waals surface area contributed by atoms with E-state index in [-0.39, 0.29) is 24.5 Å². The fourth-order valence-electron chi connectivity index (χ4n) is 3.48. The van der Waals surface area contributed by atoms with Gasteiger partial charge in [0.1, 0.15) is 12.0 Å². The Hall–Kier alpha value is -2.95. The molecule has 0 aromatic heterocycles. The Morgan fingerprint density at radius 2 is 1.79 bits per heavy atom. The average Bonchev–Trinajstić information content (AvgIpc) is 2.82. The van der Waals surface area contributed by atoms with Crippen LogP contribution in [-0.4, -0.2) is 57.6 Å². The van der Waals surface area contributed by atoms with Crippen LogP contribution in [0.5, 0.6) is 5.75 Å². The topological polar surface area (TPSA) is 114 Å². The molecule has 1 fully saturated rings. The number of rotatable bonds is 7. The second kappa shape index (κ2) is 10.8. The zero-order valence-electron chi connectivity index (χ0n) is 19.0. The largest absolute Gasteiger partial charge is 0.497 e. The van der Waals surface area contributed by atoms with Gasteiger partial charge in [-0.25, -0.2) is 8.42 Å². The summed E-state index contributed by atoms with van der Waals surface area (Å²) in [5, 5.41) is 5.02. The molecule has 1 aliphatic heterocycles. The molecule has 1 heterocycles. The third kappa shape index (κ3) is 6.10. The lowest BCUT2D eigenvalue weighted by atomic mass is 10.2. The number of benzene rings is 2. The molecule has 2 amide bonds. The molecule has 10 heteroatoms. The third-order valence-electron chi connectivity index (χ3n) is 5.34. The molecule has 0 bridgehead atoms. The van der Waals surface area contributed by atoms with Crippen LogP contribution in [0.25, 0.3) is 0 Å². The summed E-state index contributed by atoms with van der Waals surface area (Å²) in [5.74, 6) is -0.983. The highest BCUT2D eigenvalue weighted by Gasteiger charge is 2.35. The van der Waals surface area contributed by atoms with Crippen LogP contribution < -0.4 is 15.4 Å². The molecular formula is C23H29N3O6S. The zero-order valence-corrected chi connectivity index (χ0v) is 19.8. The summed E-state index contributed by atoms with van der Waals surface area (Å²) in [5.41, 5.74) is 2.26. The summed E-state index contributed by atoms with van der Waals surface area (Å²) in [6, 6.07) is 12.3. The first kappa shape index (κ1) is 24.7. The number of nitrogens with one attached hydrogen (secondary N) is 2. The Labute approximate surface area is 194 Å². The van der Waals surface area contributed by atoms with Crippen molar-refractivity contribution in [2.75, 3.05) is 26.8 Å². The summed E-state index contributed by atoms with van der Waals surface area (Å²) < 4.78 is 38.6. The van der Waals surface area contributed by atoms with E-state index < -0.39 is 28.1 Å². The van der Waals surface area contributed by atoms with E-state index >= 15 is 0 Å². The van der Waals surface area contributed by atoms with Gasteiger partial charge in [-0.15, -0.1) is 0 Å². The van der Waals surface area contributed by atoms with E-state index in [0.717, 1.165) is 11.1 Å². The lowest BCUT2D eigenvalue weighted by Crippen LogP contribution is -2.53. The van der Waals surface area contributed by atoms with Crippen molar-refractivity contribution < 1.29 is 27.5 Å². The maximum absolute atomic E-state index is 13.3. The molecule has 2 aromatic rings. The first-order valence-electron chi connectivity index (χ1n) is 10.6. The van der Waals surface area contributed by atoms with Crippen LogP contribution in [0.4, 0.5) is 0 Å². The molecule has 0 radical (unpaired) electrons. The Morgan fingerprint density at radius 3 is 2.48 bits per heavy atom. The van der Waals surface area contributed by atoms with Crippen LogP contribution >= 0.6 is 0 Å². The van der Waals surface area contributed by atoms with Gasteiger partial charge in [-0.1, -0.05) is 24.3 Å². The Morgan fingerprint density at radius 1 is 1.09 bits per heavy atom. The zero-order chi connectivity index (χ0) is 24.0. The predicted octanol–water partition coefficient (Wildman–Crippen LogP) is 1.48. The molecule has 1 saturated heterocycles. The van der Waals surface area contributed by atoms with Crippen LogP contribution in [0, 0.1) is 13.8 Å². The van der Waals surface area contributed by atoms with Crippen molar-refractivity contribution in [2.45, 2.75) is 37.9 Å². The Balaban J connectivity index is 1.60. The number of nitrogens with zero attached hydrogens (tertiary/aromatic N) is 1. The summed E-state index contributed by atoms with van der Waals surface area (Å²) >= 11 is 0. The molecule has 1 aliphatic rings. The number of carbonyl (C=O) groups is 2. The smallest absolute Gasteiger partial charge is 0.309 e. The number of methoxy groups -OCH3 is 1. The van der Waals surface area contributed by atoms with Crippen LogP contribution in [0.15, 0.2) is 47.4 Å². The van der Waals surface area contributed by atoms with E-state index in [1.807, 2.05) is 13.0 Å². The molecule has 9 nitrogen and oxygen atoms in total. The highest BCUT2D eigenvalue weighted by molar-refractivity contribution is 7.89. The van der Waals surface area contributed by atoms with Gasteiger partial charge in [0.15, 0.2) is 0 Å². The summed E-state index contributed by atoms with van der Waals surface area (Å²) in [7, 11) is -2.28. The Bertz CT molecular complexity index is 1100. The SMILES string of the molecule is COc1ccc(CNC(=O)C(=O)NC[C@@H]2OCCCN2S(=O)(=O)c2cc(C)ccc2C)cc1. The number of sulfonamides is 1. The molecular weight excluding hydrogens is 446 g/mol. The molecule has 0 aliphatic carbocycles. The molecule has 0 unspecified atom stereocenters. The summed E-state index contributed by atoms with van der Waals surface area (Å²) in [4.78, 5) is 24.6. The van der Waals surface area contributed by atoms with E-state index in [1.54, 1.807) is 50.4 Å². The number of carbonyl (C=O) groups excluding carboxylic acids is 2. The molecule has 0 spiro atoms. The van der Waals surface area contributed by atoms with Crippen molar-refractivity contribution in [1.29, 1.82) is 0 Å². The van der Waals surface area contributed by atoms with E-state index in [0.29, 0.717) is 24.3 Å². The minimum atomic E-state index is -3.84. The van der Waals surface area contributed by atoms with Crippen LogP contribution in [0.3, 0.4) is 0 Å². The Kier molecular flexibility index (Phi) is 8.06. The van der Waals surface area contributed by atoms with Crippen LogP contribution in [0.2, 0.25) is 0 Å². The molecule has 0 saturated carbocycles. The van der Waals surface area contributed by atoms with Gasteiger partial charge in [0.2, 0.25) is 10.0 Å².